The molecule has 5 aliphatic rings. The lowest BCUT2D eigenvalue weighted by molar-refractivity contribution is -0.0572. The van der Waals surface area contributed by atoms with Gasteiger partial charge in [-0.3, -0.25) is 0 Å². The molecule has 0 saturated heterocycles. The van der Waals surface area contributed by atoms with Crippen molar-refractivity contribution in [2.75, 3.05) is 0 Å². The van der Waals surface area contributed by atoms with Crippen LogP contribution in [0.1, 0.15) is 136 Å². The van der Waals surface area contributed by atoms with E-state index in [-0.39, 0.29) is 6.10 Å². The van der Waals surface area contributed by atoms with E-state index in [1.54, 1.807) is 5.57 Å². The topological polar surface area (TPSA) is 20.2 Å². The summed E-state index contributed by atoms with van der Waals surface area (Å²) in [7, 11) is 0. The molecule has 0 aromatic carbocycles. The zero-order valence-electron chi connectivity index (χ0n) is 22.3. The molecule has 1 nitrogen and oxygen atoms in total. The smallest absolute Gasteiger partial charge is 0.0577 e. The fourth-order valence-electron chi connectivity index (χ4n) is 10.4. The highest BCUT2D eigenvalue weighted by Crippen LogP contribution is 2.67. The summed E-state index contributed by atoms with van der Waals surface area (Å²) < 4.78 is 0. The number of unbranched alkanes of at least 4 members (excludes halogenated alkanes) is 2. The van der Waals surface area contributed by atoms with Gasteiger partial charge in [0.1, 0.15) is 0 Å². The minimum atomic E-state index is -0.0749. The van der Waals surface area contributed by atoms with Crippen LogP contribution < -0.4 is 0 Å². The predicted molar refractivity (Wildman–Crippen MR) is 140 cm³/mol. The average molecular weight is 455 g/mol. The van der Waals surface area contributed by atoms with Crippen LogP contribution in [0.25, 0.3) is 0 Å². The molecular formula is C32H54O. The highest BCUT2D eigenvalue weighted by Gasteiger charge is 2.59. The van der Waals surface area contributed by atoms with E-state index in [0.29, 0.717) is 10.8 Å². The van der Waals surface area contributed by atoms with Crippen LogP contribution in [-0.2, 0) is 0 Å². The first-order valence-corrected chi connectivity index (χ1v) is 15.3. The molecule has 5 aliphatic carbocycles. The maximum Gasteiger partial charge on any atom is 0.0577 e. The van der Waals surface area contributed by atoms with Gasteiger partial charge >= 0.3 is 0 Å². The summed E-state index contributed by atoms with van der Waals surface area (Å²) in [5.41, 5.74) is 2.62. The summed E-state index contributed by atoms with van der Waals surface area (Å²) in [5.74, 6) is 5.71. The number of allylic oxidation sites excluding steroid dienone is 1. The van der Waals surface area contributed by atoms with Gasteiger partial charge in [-0.15, -0.1) is 0 Å². The molecule has 0 aromatic rings. The van der Waals surface area contributed by atoms with Crippen molar-refractivity contribution in [2.24, 2.45) is 46.3 Å². The van der Waals surface area contributed by atoms with Crippen LogP contribution >= 0.6 is 0 Å². The van der Waals surface area contributed by atoms with Gasteiger partial charge in [-0.1, -0.05) is 96.6 Å². The molecule has 0 amide bonds. The second-order valence-electron chi connectivity index (χ2n) is 14.0. The van der Waals surface area contributed by atoms with Crippen molar-refractivity contribution in [3.05, 3.63) is 11.6 Å². The molecular weight excluding hydrogens is 400 g/mol. The van der Waals surface area contributed by atoms with Crippen LogP contribution in [0.5, 0.6) is 0 Å². The third kappa shape index (κ3) is 4.63. The third-order valence-electron chi connectivity index (χ3n) is 12.3. The Kier molecular flexibility index (Phi) is 7.38. The quantitative estimate of drug-likeness (QED) is 0.300. The van der Waals surface area contributed by atoms with E-state index in [2.05, 4.69) is 26.8 Å². The van der Waals surface area contributed by atoms with Crippen molar-refractivity contribution < 1.29 is 5.11 Å². The molecule has 0 aromatic heterocycles. The second-order valence-corrected chi connectivity index (χ2v) is 14.0. The monoisotopic (exact) mass is 454 g/mol. The van der Waals surface area contributed by atoms with Gasteiger partial charge in [-0.05, 0) is 97.7 Å². The number of hydrogen-bond donors (Lipinski definition) is 1. The minimum Gasteiger partial charge on any atom is -0.393 e. The van der Waals surface area contributed by atoms with E-state index in [0.717, 1.165) is 48.3 Å². The van der Waals surface area contributed by atoms with Crippen molar-refractivity contribution >= 4 is 0 Å². The third-order valence-corrected chi connectivity index (χ3v) is 12.3. The van der Waals surface area contributed by atoms with Gasteiger partial charge in [0.25, 0.3) is 0 Å². The van der Waals surface area contributed by atoms with Crippen molar-refractivity contribution in [1.29, 1.82) is 0 Å². The number of aliphatic hydroxyl groups excluding tert-OH is 1. The number of aliphatic hydroxyl groups is 1. The van der Waals surface area contributed by atoms with E-state index >= 15 is 0 Å². The standard InChI is InChI=1S/C32H54O/c1-23(10-6-4-7-11-24-12-8-5-9-13-24)28-16-17-29-27-15-14-25-22-26(33)18-20-31(25,2)30(27)19-21-32(28,29)3/h14,23-24,26-30,33H,4-13,15-22H2,1-3H3/t23-,26+,27+,28-,29+,30+,31+,32-/m1/s1. The summed E-state index contributed by atoms with van der Waals surface area (Å²) >= 11 is 0. The minimum absolute atomic E-state index is 0.0749. The Labute approximate surface area is 205 Å². The summed E-state index contributed by atoms with van der Waals surface area (Å²) in [6, 6.07) is 0. The van der Waals surface area contributed by atoms with Crippen LogP contribution in [-0.4, -0.2) is 11.2 Å². The zero-order chi connectivity index (χ0) is 23.1. The van der Waals surface area contributed by atoms with Crippen LogP contribution in [0.4, 0.5) is 0 Å². The van der Waals surface area contributed by atoms with Gasteiger partial charge < -0.3 is 5.11 Å². The lowest BCUT2D eigenvalue weighted by Gasteiger charge is -2.58. The van der Waals surface area contributed by atoms with Crippen LogP contribution in [0.2, 0.25) is 0 Å². The van der Waals surface area contributed by atoms with Gasteiger partial charge in [0, 0.05) is 0 Å². The Hall–Kier alpha value is -0.300. The molecule has 0 bridgehead atoms. The van der Waals surface area contributed by atoms with Gasteiger partial charge in [-0.2, -0.15) is 0 Å². The highest BCUT2D eigenvalue weighted by atomic mass is 16.3. The highest BCUT2D eigenvalue weighted by molar-refractivity contribution is 5.25. The van der Waals surface area contributed by atoms with E-state index in [1.807, 2.05) is 0 Å². The van der Waals surface area contributed by atoms with Crippen molar-refractivity contribution in [3.63, 3.8) is 0 Å². The lowest BCUT2D eigenvalue weighted by Crippen LogP contribution is -2.50. The molecule has 4 saturated carbocycles. The lowest BCUT2D eigenvalue weighted by atomic mass is 9.47. The summed E-state index contributed by atoms with van der Waals surface area (Å²) in [5, 5.41) is 10.3. The molecule has 0 aliphatic heterocycles. The van der Waals surface area contributed by atoms with Crippen molar-refractivity contribution in [2.45, 2.75) is 142 Å². The normalized spacial score (nSPS) is 44.5. The molecule has 0 radical (unpaired) electrons. The molecule has 1 heteroatoms. The molecule has 1 N–H and O–H groups in total. The van der Waals surface area contributed by atoms with E-state index in [9.17, 15) is 5.11 Å². The van der Waals surface area contributed by atoms with Crippen molar-refractivity contribution in [1.82, 2.24) is 0 Å². The van der Waals surface area contributed by atoms with E-state index in [4.69, 9.17) is 0 Å². The Bertz CT molecular complexity index is 689. The molecule has 5 rings (SSSR count). The Morgan fingerprint density at radius 1 is 0.909 bits per heavy atom. The molecule has 0 heterocycles. The van der Waals surface area contributed by atoms with Crippen LogP contribution in [0, 0.1) is 46.3 Å². The van der Waals surface area contributed by atoms with Crippen molar-refractivity contribution in [3.8, 4) is 0 Å². The van der Waals surface area contributed by atoms with E-state index < -0.39 is 0 Å². The number of fused-ring (bicyclic) bond motifs is 5. The van der Waals surface area contributed by atoms with Crippen LogP contribution in [0.3, 0.4) is 0 Å². The zero-order valence-corrected chi connectivity index (χ0v) is 22.3. The first-order chi connectivity index (χ1) is 15.9. The Balaban J connectivity index is 1.15. The first kappa shape index (κ1) is 24.4. The van der Waals surface area contributed by atoms with Crippen LogP contribution in [0.15, 0.2) is 11.6 Å². The maximum absolute atomic E-state index is 10.3. The molecule has 4 fully saturated rings. The largest absolute Gasteiger partial charge is 0.393 e. The predicted octanol–water partition coefficient (Wildman–Crippen LogP) is 9.09. The van der Waals surface area contributed by atoms with Gasteiger partial charge in [0.05, 0.1) is 6.10 Å². The van der Waals surface area contributed by atoms with Gasteiger partial charge in [-0.25, -0.2) is 0 Å². The fraction of sp³-hybridized carbons (Fsp3) is 0.938. The summed E-state index contributed by atoms with van der Waals surface area (Å²) in [6.07, 6.45) is 28.0. The number of hydrogen-bond acceptors (Lipinski definition) is 1. The molecule has 33 heavy (non-hydrogen) atoms. The van der Waals surface area contributed by atoms with E-state index in [1.165, 1.54) is 103 Å². The van der Waals surface area contributed by atoms with Gasteiger partial charge in [0.15, 0.2) is 0 Å². The van der Waals surface area contributed by atoms with Gasteiger partial charge in [0.2, 0.25) is 0 Å². The fourth-order valence-corrected chi connectivity index (χ4v) is 10.4. The average Bonchev–Trinajstić information content (AvgIpc) is 3.17. The second kappa shape index (κ2) is 9.99. The molecule has 0 unspecified atom stereocenters. The SMILES string of the molecule is C[C@H](CCCCCC1CCCCC1)[C@H]1CC[C@H]2[C@@H]3CC=C4C[C@@H](O)CC[C@]4(C)[C@H]3CC[C@]12C. The maximum atomic E-state index is 10.3. The first-order valence-electron chi connectivity index (χ1n) is 15.3. The Morgan fingerprint density at radius 2 is 1.73 bits per heavy atom. The summed E-state index contributed by atoms with van der Waals surface area (Å²) in [6.45, 7) is 7.91. The molecule has 188 valence electrons. The summed E-state index contributed by atoms with van der Waals surface area (Å²) in [4.78, 5) is 0. The Morgan fingerprint density at radius 3 is 2.55 bits per heavy atom. The molecule has 0 spiro atoms. The number of rotatable bonds is 7. The molecule has 8 atom stereocenters.